The molecule has 0 aliphatic carbocycles. The van der Waals surface area contributed by atoms with Gasteiger partial charge in [0.15, 0.2) is 4.34 Å². The Labute approximate surface area is 163 Å². The summed E-state index contributed by atoms with van der Waals surface area (Å²) in [4.78, 5) is 12.2. The molecule has 12 heteroatoms. The van der Waals surface area contributed by atoms with Crippen LogP contribution in [0.25, 0.3) is 0 Å². The molecule has 0 spiro atoms. The molecule has 0 bridgehead atoms. The van der Waals surface area contributed by atoms with Crippen molar-refractivity contribution in [3.63, 3.8) is 0 Å². The van der Waals surface area contributed by atoms with Gasteiger partial charge in [-0.2, -0.15) is 0 Å². The summed E-state index contributed by atoms with van der Waals surface area (Å²) in [6.45, 7) is 3.08. The van der Waals surface area contributed by atoms with Crippen LogP contribution < -0.4 is 9.62 Å². The van der Waals surface area contributed by atoms with E-state index in [0.717, 1.165) is 34.0 Å². The SMILES string of the molecule is C=CCSc1nnc(NC(=O)CN(c2ccc(F)c(Cl)c2)S(C)(=O)=O)s1. The molecule has 7 nitrogen and oxygen atoms in total. The summed E-state index contributed by atoms with van der Waals surface area (Å²) in [5.41, 5.74) is 0.0774. The normalized spacial score (nSPS) is 11.2. The number of rotatable bonds is 8. The molecule has 0 saturated carbocycles. The Kier molecular flexibility index (Phi) is 6.98. The molecule has 2 aromatic rings. The molecule has 1 aromatic carbocycles. The maximum absolute atomic E-state index is 13.3. The van der Waals surface area contributed by atoms with Crippen LogP contribution >= 0.6 is 34.7 Å². The number of nitrogens with zero attached hydrogens (tertiary/aromatic N) is 3. The zero-order chi connectivity index (χ0) is 19.3. The van der Waals surface area contributed by atoms with E-state index < -0.39 is 28.3 Å². The van der Waals surface area contributed by atoms with E-state index in [1.807, 2.05) is 0 Å². The molecule has 140 valence electrons. The van der Waals surface area contributed by atoms with Crippen molar-refractivity contribution in [3.8, 4) is 0 Å². The molecule has 0 saturated heterocycles. The Bertz CT molecular complexity index is 920. The molecule has 0 radical (unpaired) electrons. The van der Waals surface area contributed by atoms with Crippen LogP contribution in [0.3, 0.4) is 0 Å². The van der Waals surface area contributed by atoms with E-state index in [4.69, 9.17) is 11.6 Å². The van der Waals surface area contributed by atoms with E-state index in [0.29, 0.717) is 10.1 Å². The first-order valence-electron chi connectivity index (χ1n) is 7.00. The maximum Gasteiger partial charge on any atom is 0.246 e. The molecule has 0 unspecified atom stereocenters. The van der Waals surface area contributed by atoms with Crippen LogP contribution in [0.15, 0.2) is 35.2 Å². The van der Waals surface area contributed by atoms with Crippen LogP contribution in [0.2, 0.25) is 5.02 Å². The van der Waals surface area contributed by atoms with E-state index in [-0.39, 0.29) is 15.8 Å². The number of halogens is 2. The number of nitrogens with one attached hydrogen (secondary N) is 1. The summed E-state index contributed by atoms with van der Waals surface area (Å²) in [6, 6.07) is 3.40. The Morgan fingerprint density at radius 3 is 2.85 bits per heavy atom. The molecule has 0 aliphatic heterocycles. The van der Waals surface area contributed by atoms with Crippen LogP contribution in [-0.2, 0) is 14.8 Å². The lowest BCUT2D eigenvalue weighted by molar-refractivity contribution is -0.114. The molecule has 1 N–H and O–H groups in total. The highest BCUT2D eigenvalue weighted by Gasteiger charge is 2.22. The fourth-order valence-corrected chi connectivity index (χ4v) is 4.33. The van der Waals surface area contributed by atoms with Crippen LogP contribution in [-0.4, -0.2) is 43.1 Å². The minimum Gasteiger partial charge on any atom is -0.299 e. The number of hydrogen-bond acceptors (Lipinski definition) is 7. The number of carbonyl (C=O) groups is 1. The monoisotopic (exact) mass is 436 g/mol. The number of amides is 1. The van der Waals surface area contributed by atoms with Gasteiger partial charge in [-0.25, -0.2) is 12.8 Å². The van der Waals surface area contributed by atoms with Crippen molar-refractivity contribution in [2.75, 3.05) is 28.2 Å². The minimum absolute atomic E-state index is 0.0774. The molecule has 1 aromatic heterocycles. The first-order chi connectivity index (χ1) is 12.2. The van der Waals surface area contributed by atoms with Gasteiger partial charge in [0.1, 0.15) is 12.4 Å². The second-order valence-electron chi connectivity index (χ2n) is 4.89. The zero-order valence-electron chi connectivity index (χ0n) is 13.5. The van der Waals surface area contributed by atoms with Gasteiger partial charge in [0.05, 0.1) is 17.0 Å². The predicted molar refractivity (Wildman–Crippen MR) is 103 cm³/mol. The maximum atomic E-state index is 13.3. The Morgan fingerprint density at radius 1 is 1.50 bits per heavy atom. The van der Waals surface area contributed by atoms with Crippen LogP contribution in [0.1, 0.15) is 0 Å². The average molecular weight is 437 g/mol. The Morgan fingerprint density at radius 2 is 2.23 bits per heavy atom. The van der Waals surface area contributed by atoms with Gasteiger partial charge in [-0.1, -0.05) is 40.8 Å². The third-order valence-corrected chi connectivity index (χ3v) is 6.25. The number of aromatic nitrogens is 2. The number of sulfonamides is 1. The van der Waals surface area contributed by atoms with Crippen molar-refractivity contribution in [3.05, 3.63) is 41.7 Å². The summed E-state index contributed by atoms with van der Waals surface area (Å²) in [7, 11) is -3.80. The standard InChI is InChI=1S/C14H14ClFN4O3S3/c1-3-6-24-14-19-18-13(25-14)17-12(21)8-20(26(2,22)23)9-4-5-11(16)10(15)7-9/h3-5,7H,1,6,8H2,2H3,(H,17,18,21). The molecule has 0 aliphatic rings. The van der Waals surface area contributed by atoms with Crippen molar-refractivity contribution in [1.82, 2.24) is 10.2 Å². The number of thioether (sulfide) groups is 1. The fraction of sp³-hybridized carbons (Fsp3) is 0.214. The van der Waals surface area contributed by atoms with Crippen molar-refractivity contribution in [2.24, 2.45) is 0 Å². The van der Waals surface area contributed by atoms with Crippen LogP contribution in [0.4, 0.5) is 15.2 Å². The minimum atomic E-state index is -3.80. The highest BCUT2D eigenvalue weighted by molar-refractivity contribution is 8.01. The molecule has 26 heavy (non-hydrogen) atoms. The van der Waals surface area contributed by atoms with Crippen molar-refractivity contribution in [2.45, 2.75) is 4.34 Å². The first-order valence-corrected chi connectivity index (χ1v) is 11.0. The average Bonchev–Trinajstić information content (AvgIpc) is 2.99. The molecular formula is C14H14ClFN4O3S3. The summed E-state index contributed by atoms with van der Waals surface area (Å²) in [5, 5.41) is 10.2. The summed E-state index contributed by atoms with van der Waals surface area (Å²) in [6.07, 6.45) is 2.65. The van der Waals surface area contributed by atoms with Gasteiger partial charge in [0.2, 0.25) is 21.1 Å². The number of hydrogen-bond donors (Lipinski definition) is 1. The predicted octanol–water partition coefficient (Wildman–Crippen LogP) is 3.01. The summed E-state index contributed by atoms with van der Waals surface area (Å²) < 4.78 is 38.8. The van der Waals surface area contributed by atoms with E-state index >= 15 is 0 Å². The van der Waals surface area contributed by atoms with Gasteiger partial charge in [0, 0.05) is 5.75 Å². The Balaban J connectivity index is 2.13. The van der Waals surface area contributed by atoms with Gasteiger partial charge in [-0.15, -0.1) is 16.8 Å². The topological polar surface area (TPSA) is 92.3 Å². The molecule has 1 heterocycles. The van der Waals surface area contributed by atoms with Gasteiger partial charge < -0.3 is 0 Å². The highest BCUT2D eigenvalue weighted by atomic mass is 35.5. The number of anilines is 2. The van der Waals surface area contributed by atoms with Gasteiger partial charge in [0.25, 0.3) is 0 Å². The lowest BCUT2D eigenvalue weighted by Gasteiger charge is -2.21. The Hall–Kier alpha value is -1.69. The van der Waals surface area contributed by atoms with Crippen LogP contribution in [0, 0.1) is 5.82 Å². The second kappa shape index (κ2) is 8.80. The lowest BCUT2D eigenvalue weighted by atomic mass is 10.3. The summed E-state index contributed by atoms with van der Waals surface area (Å²) >= 11 is 8.26. The number of carbonyl (C=O) groups excluding carboxylic acids is 1. The molecule has 0 fully saturated rings. The smallest absolute Gasteiger partial charge is 0.246 e. The van der Waals surface area contributed by atoms with Crippen LogP contribution in [0.5, 0.6) is 0 Å². The molecule has 2 rings (SSSR count). The highest BCUT2D eigenvalue weighted by Crippen LogP contribution is 2.26. The zero-order valence-corrected chi connectivity index (χ0v) is 16.7. The largest absolute Gasteiger partial charge is 0.299 e. The molecule has 0 atom stereocenters. The lowest BCUT2D eigenvalue weighted by Crippen LogP contribution is -2.37. The second-order valence-corrected chi connectivity index (χ2v) is 9.45. The quantitative estimate of drug-likeness (QED) is 0.388. The third kappa shape index (κ3) is 5.66. The van der Waals surface area contributed by atoms with Crippen molar-refractivity contribution < 1.29 is 17.6 Å². The van der Waals surface area contributed by atoms with E-state index in [9.17, 15) is 17.6 Å². The van der Waals surface area contributed by atoms with Crippen molar-refractivity contribution >= 4 is 61.4 Å². The van der Waals surface area contributed by atoms with Gasteiger partial charge in [-0.3, -0.25) is 14.4 Å². The van der Waals surface area contributed by atoms with Gasteiger partial charge >= 0.3 is 0 Å². The van der Waals surface area contributed by atoms with Crippen molar-refractivity contribution in [1.29, 1.82) is 0 Å². The third-order valence-electron chi connectivity index (χ3n) is 2.86. The van der Waals surface area contributed by atoms with E-state index in [2.05, 4.69) is 22.1 Å². The number of benzene rings is 1. The summed E-state index contributed by atoms with van der Waals surface area (Å²) in [5.74, 6) is -0.658. The van der Waals surface area contributed by atoms with E-state index in [1.54, 1.807) is 6.08 Å². The van der Waals surface area contributed by atoms with E-state index in [1.165, 1.54) is 17.8 Å². The molecular weight excluding hydrogens is 423 g/mol. The molecule has 1 amide bonds. The first kappa shape index (κ1) is 20.6. The fourth-order valence-electron chi connectivity index (χ4n) is 1.78. The van der Waals surface area contributed by atoms with Gasteiger partial charge in [-0.05, 0) is 18.2 Å².